The maximum atomic E-state index is 13.7. The van der Waals surface area contributed by atoms with Gasteiger partial charge in [-0.05, 0) is 82.1 Å². The van der Waals surface area contributed by atoms with Gasteiger partial charge in [-0.15, -0.1) is 0 Å². The van der Waals surface area contributed by atoms with Crippen LogP contribution in [-0.4, -0.2) is 49.5 Å². The first-order chi connectivity index (χ1) is 18.2. The number of nitrogens with one attached hydrogen (secondary N) is 1. The van der Waals surface area contributed by atoms with E-state index < -0.39 is 34.1 Å². The Kier molecular flexibility index (Phi) is 9.40. The van der Waals surface area contributed by atoms with Crippen LogP contribution in [-0.2, 0) is 26.2 Å². The number of anilines is 1. The Hall–Kier alpha value is -3.85. The molecule has 9 heteroatoms. The third-order valence-corrected chi connectivity index (χ3v) is 7.19. The first-order valence-corrected chi connectivity index (χ1v) is 14.6. The summed E-state index contributed by atoms with van der Waals surface area (Å²) in [7, 11) is -3.83. The van der Waals surface area contributed by atoms with Crippen LogP contribution in [0.3, 0.4) is 0 Å². The van der Waals surface area contributed by atoms with Crippen LogP contribution < -0.4 is 14.4 Å². The van der Waals surface area contributed by atoms with Crippen molar-refractivity contribution in [3.05, 3.63) is 90.0 Å². The van der Waals surface area contributed by atoms with Crippen molar-refractivity contribution in [3.63, 3.8) is 0 Å². The summed E-state index contributed by atoms with van der Waals surface area (Å²) in [4.78, 5) is 28.2. The van der Waals surface area contributed by atoms with E-state index in [-0.39, 0.29) is 12.5 Å². The van der Waals surface area contributed by atoms with Crippen LogP contribution in [0.15, 0.2) is 78.9 Å². The van der Waals surface area contributed by atoms with Gasteiger partial charge in [0.05, 0.1) is 11.9 Å². The van der Waals surface area contributed by atoms with Crippen molar-refractivity contribution in [2.24, 2.45) is 0 Å². The standard InChI is InChI=1S/C30H37N3O5S/c1-22-12-10-11-13-24(22)20-32(23(2)29(35)31-30(3,4)5)28(34)21-33(39(6,36)37)25-16-18-27(19-17-25)38-26-14-8-7-9-15-26/h7-19,23H,20-21H2,1-6H3,(H,31,35)/t23-/m0/s1. The monoisotopic (exact) mass is 551 g/mol. The van der Waals surface area contributed by atoms with E-state index in [0.29, 0.717) is 17.2 Å². The number of aryl methyl sites for hydroxylation is 1. The highest BCUT2D eigenvalue weighted by Crippen LogP contribution is 2.26. The summed E-state index contributed by atoms with van der Waals surface area (Å²) in [6.45, 7) is 8.87. The van der Waals surface area contributed by atoms with E-state index in [4.69, 9.17) is 4.74 Å². The number of benzene rings is 3. The zero-order valence-electron chi connectivity index (χ0n) is 23.3. The topological polar surface area (TPSA) is 96.0 Å². The molecule has 1 N–H and O–H groups in total. The van der Waals surface area contributed by atoms with Gasteiger partial charge in [0, 0.05) is 12.1 Å². The number of carbonyl (C=O) groups is 2. The van der Waals surface area contributed by atoms with Crippen LogP contribution >= 0.6 is 0 Å². The van der Waals surface area contributed by atoms with Gasteiger partial charge in [0.15, 0.2) is 0 Å². The predicted molar refractivity (Wildman–Crippen MR) is 154 cm³/mol. The van der Waals surface area contributed by atoms with Gasteiger partial charge in [0.2, 0.25) is 21.8 Å². The van der Waals surface area contributed by atoms with Crippen molar-refractivity contribution >= 4 is 27.5 Å². The second kappa shape index (κ2) is 12.3. The fourth-order valence-electron chi connectivity index (χ4n) is 3.95. The van der Waals surface area contributed by atoms with Gasteiger partial charge in [-0.25, -0.2) is 8.42 Å². The second-order valence-corrected chi connectivity index (χ2v) is 12.4. The molecule has 1 atom stereocenters. The quantitative estimate of drug-likeness (QED) is 0.387. The van der Waals surface area contributed by atoms with Gasteiger partial charge in [-0.3, -0.25) is 13.9 Å². The molecular weight excluding hydrogens is 514 g/mol. The Morgan fingerprint density at radius 2 is 1.46 bits per heavy atom. The molecule has 0 saturated carbocycles. The molecule has 0 radical (unpaired) electrons. The Morgan fingerprint density at radius 3 is 2.03 bits per heavy atom. The molecule has 0 bridgehead atoms. The molecule has 8 nitrogen and oxygen atoms in total. The number of hydrogen-bond acceptors (Lipinski definition) is 5. The molecule has 3 rings (SSSR count). The van der Waals surface area contributed by atoms with Crippen molar-refractivity contribution in [2.45, 2.75) is 52.7 Å². The molecule has 39 heavy (non-hydrogen) atoms. The highest BCUT2D eigenvalue weighted by atomic mass is 32.2. The molecule has 0 aliphatic carbocycles. The molecule has 0 saturated heterocycles. The van der Waals surface area contributed by atoms with Crippen molar-refractivity contribution in [1.82, 2.24) is 10.2 Å². The molecule has 0 aromatic heterocycles. The highest BCUT2D eigenvalue weighted by molar-refractivity contribution is 7.92. The van der Waals surface area contributed by atoms with Gasteiger partial charge in [-0.2, -0.15) is 0 Å². The Bertz CT molecular complexity index is 1380. The maximum Gasteiger partial charge on any atom is 0.244 e. The zero-order chi connectivity index (χ0) is 28.8. The van der Waals surface area contributed by atoms with Crippen molar-refractivity contribution in [3.8, 4) is 11.5 Å². The largest absolute Gasteiger partial charge is 0.457 e. The molecule has 2 amide bonds. The minimum Gasteiger partial charge on any atom is -0.457 e. The van der Waals surface area contributed by atoms with E-state index in [2.05, 4.69) is 5.32 Å². The minimum absolute atomic E-state index is 0.158. The average Bonchev–Trinajstić information content (AvgIpc) is 2.86. The number of hydrogen-bond donors (Lipinski definition) is 1. The van der Waals surface area contributed by atoms with Crippen LogP contribution in [0.4, 0.5) is 5.69 Å². The van der Waals surface area contributed by atoms with E-state index in [0.717, 1.165) is 21.7 Å². The lowest BCUT2D eigenvalue weighted by atomic mass is 10.1. The number of carbonyl (C=O) groups excluding carboxylic acids is 2. The van der Waals surface area contributed by atoms with E-state index in [1.54, 1.807) is 31.2 Å². The van der Waals surface area contributed by atoms with E-state index >= 15 is 0 Å². The number of sulfonamides is 1. The molecular formula is C30H37N3O5S. The van der Waals surface area contributed by atoms with Gasteiger partial charge in [0.25, 0.3) is 0 Å². The number of ether oxygens (including phenoxy) is 1. The molecule has 0 spiro atoms. The van der Waals surface area contributed by atoms with Crippen molar-refractivity contribution < 1.29 is 22.7 Å². The molecule has 3 aromatic rings. The van der Waals surface area contributed by atoms with E-state index in [9.17, 15) is 18.0 Å². The second-order valence-electron chi connectivity index (χ2n) is 10.5. The zero-order valence-corrected chi connectivity index (χ0v) is 24.2. The summed E-state index contributed by atoms with van der Waals surface area (Å²) in [5.74, 6) is 0.357. The Balaban J connectivity index is 1.88. The Morgan fingerprint density at radius 1 is 0.897 bits per heavy atom. The lowest BCUT2D eigenvalue weighted by molar-refractivity contribution is -0.140. The fraction of sp³-hybridized carbons (Fsp3) is 0.333. The first-order valence-electron chi connectivity index (χ1n) is 12.7. The Labute approximate surface area is 231 Å². The number of amides is 2. The predicted octanol–water partition coefficient (Wildman–Crippen LogP) is 4.89. The van der Waals surface area contributed by atoms with Gasteiger partial charge < -0.3 is 15.0 Å². The van der Waals surface area contributed by atoms with Gasteiger partial charge in [0.1, 0.15) is 24.1 Å². The molecule has 208 valence electrons. The minimum atomic E-state index is -3.83. The summed E-state index contributed by atoms with van der Waals surface area (Å²) in [5.41, 5.74) is 1.65. The third kappa shape index (κ3) is 8.58. The fourth-order valence-corrected chi connectivity index (χ4v) is 4.80. The van der Waals surface area contributed by atoms with Crippen molar-refractivity contribution in [2.75, 3.05) is 17.1 Å². The highest BCUT2D eigenvalue weighted by Gasteiger charge is 2.31. The molecule has 0 fully saturated rings. The van der Waals surface area contributed by atoms with Crippen LogP contribution in [0.1, 0.15) is 38.8 Å². The number of nitrogens with zero attached hydrogens (tertiary/aromatic N) is 2. The summed E-state index contributed by atoms with van der Waals surface area (Å²) < 4.78 is 32.5. The summed E-state index contributed by atoms with van der Waals surface area (Å²) in [5, 5.41) is 2.92. The van der Waals surface area contributed by atoms with Crippen molar-refractivity contribution in [1.29, 1.82) is 0 Å². The lowest BCUT2D eigenvalue weighted by Crippen LogP contribution is -2.54. The van der Waals surface area contributed by atoms with Crippen LogP contribution in [0.5, 0.6) is 11.5 Å². The third-order valence-electron chi connectivity index (χ3n) is 6.05. The molecule has 3 aromatic carbocycles. The van der Waals surface area contributed by atoms with Gasteiger partial charge in [-0.1, -0.05) is 42.5 Å². The molecule has 0 unspecified atom stereocenters. The molecule has 0 aliphatic rings. The van der Waals surface area contributed by atoms with E-state index in [1.165, 1.54) is 4.90 Å². The van der Waals surface area contributed by atoms with Crippen LogP contribution in [0, 0.1) is 6.92 Å². The molecule has 0 aliphatic heterocycles. The smallest absolute Gasteiger partial charge is 0.244 e. The summed E-state index contributed by atoms with van der Waals surface area (Å²) in [6, 6.07) is 22.5. The SMILES string of the molecule is Cc1ccccc1CN(C(=O)CN(c1ccc(Oc2ccccc2)cc1)S(C)(=O)=O)[C@@H](C)C(=O)NC(C)(C)C. The summed E-state index contributed by atoms with van der Waals surface area (Å²) in [6.07, 6.45) is 1.05. The van der Waals surface area contributed by atoms with Gasteiger partial charge >= 0.3 is 0 Å². The number of rotatable bonds is 10. The van der Waals surface area contributed by atoms with E-state index in [1.807, 2.05) is 82.3 Å². The number of para-hydroxylation sites is 1. The van der Waals surface area contributed by atoms with Crippen LogP contribution in [0.2, 0.25) is 0 Å². The molecule has 0 heterocycles. The first kappa shape index (κ1) is 29.7. The normalized spacial score (nSPS) is 12.4. The summed E-state index contributed by atoms with van der Waals surface area (Å²) >= 11 is 0. The lowest BCUT2D eigenvalue weighted by Gasteiger charge is -2.33. The average molecular weight is 552 g/mol. The van der Waals surface area contributed by atoms with Crippen LogP contribution in [0.25, 0.3) is 0 Å². The maximum absolute atomic E-state index is 13.7.